The third-order valence-electron chi connectivity index (χ3n) is 5.60. The lowest BCUT2D eigenvalue weighted by molar-refractivity contribution is -0.0654. The minimum atomic E-state index is -0.848. The number of nitrogens with zero attached hydrogens (tertiary/aromatic N) is 1. The maximum Gasteiger partial charge on any atom is 0.410 e. The quantitative estimate of drug-likeness (QED) is 0.789. The molecule has 1 aliphatic carbocycles. The average molecular weight is 367 g/mol. The van der Waals surface area contributed by atoms with Crippen molar-refractivity contribution in [3.05, 3.63) is 71.8 Å². The van der Waals surface area contributed by atoms with Crippen molar-refractivity contribution in [2.45, 2.75) is 63.8 Å². The molecule has 0 aliphatic heterocycles. The molecule has 2 aromatic rings. The number of hydrogen-bond acceptors (Lipinski definition) is 3. The Kier molecular flexibility index (Phi) is 6.51. The zero-order chi connectivity index (χ0) is 19.1. The summed E-state index contributed by atoms with van der Waals surface area (Å²) in [4.78, 5) is 14.6. The molecule has 2 aromatic carbocycles. The van der Waals surface area contributed by atoms with Crippen molar-refractivity contribution in [1.82, 2.24) is 4.90 Å². The number of aliphatic hydroxyl groups is 1. The number of rotatable bonds is 6. The van der Waals surface area contributed by atoms with Crippen molar-refractivity contribution in [1.29, 1.82) is 0 Å². The van der Waals surface area contributed by atoms with E-state index in [-0.39, 0.29) is 18.7 Å². The number of carbonyl (C=O) groups excluding carboxylic acids is 1. The van der Waals surface area contributed by atoms with Crippen molar-refractivity contribution in [2.75, 3.05) is 0 Å². The van der Waals surface area contributed by atoms with Gasteiger partial charge in [-0.1, -0.05) is 79.9 Å². The predicted molar refractivity (Wildman–Crippen MR) is 106 cm³/mol. The smallest absolute Gasteiger partial charge is 0.410 e. The van der Waals surface area contributed by atoms with Crippen molar-refractivity contribution in [3.8, 4) is 0 Å². The van der Waals surface area contributed by atoms with Crippen LogP contribution in [0.1, 0.15) is 50.2 Å². The van der Waals surface area contributed by atoms with Gasteiger partial charge in [0.25, 0.3) is 0 Å². The normalized spacial score (nSPS) is 17.1. The fourth-order valence-corrected chi connectivity index (χ4v) is 3.81. The van der Waals surface area contributed by atoms with Gasteiger partial charge in [0.15, 0.2) is 0 Å². The molecule has 1 unspecified atom stereocenters. The van der Waals surface area contributed by atoms with Crippen LogP contribution in [0.15, 0.2) is 60.7 Å². The molecular formula is C23H29NO3. The summed E-state index contributed by atoms with van der Waals surface area (Å²) >= 11 is 0. The molecule has 0 aromatic heterocycles. The molecule has 144 valence electrons. The average Bonchev–Trinajstić information content (AvgIpc) is 2.72. The van der Waals surface area contributed by atoms with Crippen LogP contribution in [-0.2, 0) is 17.9 Å². The molecule has 4 heteroatoms. The van der Waals surface area contributed by atoms with Crippen LogP contribution in [0, 0.1) is 0 Å². The summed E-state index contributed by atoms with van der Waals surface area (Å²) in [5, 5.41) is 11.2. The Balaban J connectivity index is 1.74. The first-order valence-electron chi connectivity index (χ1n) is 9.82. The lowest BCUT2D eigenvalue weighted by Gasteiger charge is -2.42. The van der Waals surface area contributed by atoms with E-state index in [1.54, 1.807) is 4.90 Å². The fourth-order valence-electron chi connectivity index (χ4n) is 3.81. The zero-order valence-corrected chi connectivity index (χ0v) is 16.0. The lowest BCUT2D eigenvalue weighted by Crippen LogP contribution is -2.53. The highest BCUT2D eigenvalue weighted by Gasteiger charge is 2.40. The fraction of sp³-hybridized carbons (Fsp3) is 0.435. The van der Waals surface area contributed by atoms with E-state index < -0.39 is 5.60 Å². The van der Waals surface area contributed by atoms with Gasteiger partial charge in [-0.05, 0) is 30.9 Å². The van der Waals surface area contributed by atoms with Crippen LogP contribution in [-0.4, -0.2) is 27.7 Å². The molecule has 1 atom stereocenters. The highest BCUT2D eigenvalue weighted by atomic mass is 16.6. The molecule has 1 N–H and O–H groups in total. The van der Waals surface area contributed by atoms with Gasteiger partial charge in [-0.15, -0.1) is 0 Å². The van der Waals surface area contributed by atoms with Crippen molar-refractivity contribution >= 4 is 6.09 Å². The highest BCUT2D eigenvalue weighted by molar-refractivity contribution is 5.68. The van der Waals surface area contributed by atoms with Gasteiger partial charge in [-0.25, -0.2) is 4.79 Å². The molecule has 4 nitrogen and oxygen atoms in total. The maximum atomic E-state index is 12.9. The van der Waals surface area contributed by atoms with Crippen LogP contribution in [0.5, 0.6) is 0 Å². The molecule has 1 fully saturated rings. The third-order valence-corrected chi connectivity index (χ3v) is 5.60. The van der Waals surface area contributed by atoms with Crippen LogP contribution in [0.25, 0.3) is 0 Å². The SMILES string of the molecule is CC(N(Cc1ccccc1)C(=O)OCc1ccccc1)C1(O)CCCCC1. The Morgan fingerprint density at radius 1 is 1.00 bits per heavy atom. The highest BCUT2D eigenvalue weighted by Crippen LogP contribution is 2.34. The number of hydrogen-bond donors (Lipinski definition) is 1. The molecular weight excluding hydrogens is 338 g/mol. The van der Waals surface area contributed by atoms with Crippen molar-refractivity contribution in [2.24, 2.45) is 0 Å². The standard InChI is InChI=1S/C23H29NO3/c1-19(23(26)15-9-4-10-16-23)24(17-20-11-5-2-6-12-20)22(25)27-18-21-13-7-3-8-14-21/h2-3,5-8,11-14,19,26H,4,9-10,15-18H2,1H3. The minimum Gasteiger partial charge on any atom is -0.445 e. The second kappa shape index (κ2) is 9.05. The van der Waals surface area contributed by atoms with E-state index >= 15 is 0 Å². The molecule has 1 aliphatic rings. The summed E-state index contributed by atoms with van der Waals surface area (Å²) < 4.78 is 5.60. The molecule has 1 saturated carbocycles. The number of benzene rings is 2. The number of carbonyl (C=O) groups is 1. The summed E-state index contributed by atoms with van der Waals surface area (Å²) in [5.74, 6) is 0. The van der Waals surface area contributed by atoms with E-state index in [0.717, 1.165) is 43.2 Å². The zero-order valence-electron chi connectivity index (χ0n) is 16.0. The molecule has 0 saturated heterocycles. The van der Waals surface area contributed by atoms with Gasteiger partial charge < -0.3 is 9.84 Å². The van der Waals surface area contributed by atoms with Gasteiger partial charge in [-0.2, -0.15) is 0 Å². The van der Waals surface area contributed by atoms with Gasteiger partial charge in [-0.3, -0.25) is 4.90 Å². The Bertz CT molecular complexity index is 711. The summed E-state index contributed by atoms with van der Waals surface area (Å²) in [7, 11) is 0. The van der Waals surface area contributed by atoms with Gasteiger partial charge in [0.1, 0.15) is 6.61 Å². The number of amides is 1. The van der Waals surface area contributed by atoms with E-state index in [2.05, 4.69) is 0 Å². The first-order valence-corrected chi connectivity index (χ1v) is 9.82. The monoisotopic (exact) mass is 367 g/mol. The van der Waals surface area contributed by atoms with Crippen LogP contribution < -0.4 is 0 Å². The molecule has 0 bridgehead atoms. The molecule has 0 heterocycles. The Hall–Kier alpha value is -2.33. The second-order valence-electron chi connectivity index (χ2n) is 7.49. The van der Waals surface area contributed by atoms with E-state index in [9.17, 15) is 9.90 Å². The van der Waals surface area contributed by atoms with Crippen LogP contribution in [0.3, 0.4) is 0 Å². The molecule has 0 radical (unpaired) electrons. The summed E-state index contributed by atoms with van der Waals surface area (Å²) in [6, 6.07) is 19.2. The van der Waals surface area contributed by atoms with E-state index in [1.807, 2.05) is 67.6 Å². The Morgan fingerprint density at radius 3 is 2.15 bits per heavy atom. The van der Waals surface area contributed by atoms with E-state index in [4.69, 9.17) is 4.74 Å². The Morgan fingerprint density at radius 2 is 1.56 bits per heavy atom. The molecule has 0 spiro atoms. The first kappa shape index (κ1) is 19.4. The summed E-state index contributed by atoms with van der Waals surface area (Å²) in [6.07, 6.45) is 4.22. The molecule has 1 amide bonds. The molecule has 3 rings (SSSR count). The topological polar surface area (TPSA) is 49.8 Å². The second-order valence-corrected chi connectivity index (χ2v) is 7.49. The predicted octanol–water partition coefficient (Wildman–Crippen LogP) is 4.91. The van der Waals surface area contributed by atoms with Crippen LogP contribution in [0.4, 0.5) is 4.79 Å². The Labute approximate surface area is 161 Å². The van der Waals surface area contributed by atoms with Crippen LogP contribution in [0.2, 0.25) is 0 Å². The van der Waals surface area contributed by atoms with Crippen LogP contribution >= 0.6 is 0 Å². The van der Waals surface area contributed by atoms with Gasteiger partial charge in [0.05, 0.1) is 11.6 Å². The molecule has 27 heavy (non-hydrogen) atoms. The van der Waals surface area contributed by atoms with Crippen molar-refractivity contribution in [3.63, 3.8) is 0 Å². The maximum absolute atomic E-state index is 12.9. The van der Waals surface area contributed by atoms with Gasteiger partial charge in [0.2, 0.25) is 0 Å². The van der Waals surface area contributed by atoms with Crippen molar-refractivity contribution < 1.29 is 14.6 Å². The van der Waals surface area contributed by atoms with E-state index in [0.29, 0.717) is 6.54 Å². The lowest BCUT2D eigenvalue weighted by atomic mass is 9.79. The summed E-state index contributed by atoms with van der Waals surface area (Å²) in [6.45, 7) is 2.60. The summed E-state index contributed by atoms with van der Waals surface area (Å²) in [5.41, 5.74) is 1.13. The largest absolute Gasteiger partial charge is 0.445 e. The third kappa shape index (κ3) is 5.10. The van der Waals surface area contributed by atoms with E-state index in [1.165, 1.54) is 0 Å². The van der Waals surface area contributed by atoms with Gasteiger partial charge >= 0.3 is 6.09 Å². The minimum absolute atomic E-state index is 0.232. The first-order chi connectivity index (χ1) is 13.1. The number of ether oxygens (including phenoxy) is 1. The van der Waals surface area contributed by atoms with Gasteiger partial charge in [0, 0.05) is 6.54 Å².